The molecular formula is C22H27EsN2O2-. The molecule has 5 heteroatoms. The van der Waals surface area contributed by atoms with Crippen molar-refractivity contribution in [1.29, 1.82) is 0 Å². The Morgan fingerprint density at radius 2 is 1.63 bits per heavy atom. The van der Waals surface area contributed by atoms with Crippen molar-refractivity contribution in [3.63, 3.8) is 0 Å². The molecule has 0 fully saturated rings. The van der Waals surface area contributed by atoms with E-state index in [1.807, 2.05) is 47.6 Å². The number of hydrogen-bond donors (Lipinski definition) is 3. The van der Waals surface area contributed by atoms with Crippen molar-refractivity contribution in [2.75, 3.05) is 13.7 Å². The number of aliphatic hydroxyl groups is 2. The molecule has 0 spiro atoms. The maximum Gasteiger partial charge on any atom is 0.125 e. The van der Waals surface area contributed by atoms with E-state index in [1.54, 1.807) is 6.92 Å². The number of nitrogens with zero attached hydrogens (tertiary/aromatic N) is 1. The molecule has 1 aliphatic heterocycles. The summed E-state index contributed by atoms with van der Waals surface area (Å²) in [5, 5.41) is 19.8. The summed E-state index contributed by atoms with van der Waals surface area (Å²) in [4.78, 5) is 2.00. The van der Waals surface area contributed by atoms with Crippen LogP contribution in [0.15, 0.2) is 67.0 Å². The minimum atomic E-state index is -0.447. The van der Waals surface area contributed by atoms with Gasteiger partial charge < -0.3 is 27.9 Å². The van der Waals surface area contributed by atoms with Gasteiger partial charge >= 0.3 is 0 Å². The Morgan fingerprint density at radius 1 is 1.04 bits per heavy atom. The molecule has 1 heterocycles. The Hall–Kier alpha value is -3.74. The molecule has 2 unspecified atom stereocenters. The van der Waals surface area contributed by atoms with Gasteiger partial charge in [-0.05, 0) is 30.2 Å². The van der Waals surface area contributed by atoms with Crippen LogP contribution in [-0.2, 0) is 0 Å². The summed E-state index contributed by atoms with van der Waals surface area (Å²) in [6.07, 6.45) is 3.22. The van der Waals surface area contributed by atoms with Crippen LogP contribution in [0.5, 0.6) is 0 Å². The molecule has 2 aromatic rings. The van der Waals surface area contributed by atoms with E-state index in [4.69, 9.17) is 5.11 Å². The van der Waals surface area contributed by atoms with Crippen molar-refractivity contribution in [2.24, 2.45) is 0 Å². The minimum absolute atomic E-state index is 0. The van der Waals surface area contributed by atoms with Crippen LogP contribution >= 0.6 is 0 Å². The molecule has 0 saturated carbocycles. The maximum atomic E-state index is 9.69. The molecule has 3 N–H and O–H groups in total. The molecule has 27 heavy (non-hydrogen) atoms. The predicted molar refractivity (Wildman–Crippen MR) is 108 cm³/mol. The van der Waals surface area contributed by atoms with Crippen LogP contribution in [0.3, 0.4) is 0 Å². The number of hydrogen-bond acceptors (Lipinski definition) is 4. The van der Waals surface area contributed by atoms with Crippen LogP contribution in [-0.4, -0.2) is 41.0 Å². The zero-order valence-corrected chi connectivity index (χ0v) is 18.4. The third-order valence-electron chi connectivity index (χ3n) is 3.83. The average molecular weight is 603 g/mol. The van der Waals surface area contributed by atoms with E-state index >= 15 is 0 Å². The minimum Gasteiger partial charge on any atom is -0.400 e. The van der Waals surface area contributed by atoms with E-state index in [2.05, 4.69) is 41.4 Å². The molecule has 0 aliphatic carbocycles. The summed E-state index contributed by atoms with van der Waals surface area (Å²) in [6, 6.07) is 18.6. The van der Waals surface area contributed by atoms with Gasteiger partial charge in [-0.25, -0.2) is 0 Å². The molecule has 1 aliphatic rings. The average Bonchev–Trinajstić information content (AvgIpc) is 3.14. The summed E-state index contributed by atoms with van der Waals surface area (Å²) >= 11 is 0. The van der Waals surface area contributed by atoms with Crippen LogP contribution in [0.1, 0.15) is 12.5 Å². The summed E-state index contributed by atoms with van der Waals surface area (Å²) < 4.78 is 0. The normalized spacial score (nSPS) is 15.0. The van der Waals surface area contributed by atoms with Crippen molar-refractivity contribution in [3.8, 4) is 23.0 Å². The van der Waals surface area contributed by atoms with Crippen molar-refractivity contribution < 1.29 is 10.2 Å². The van der Waals surface area contributed by atoms with Gasteiger partial charge in [0.05, 0.1) is 12.6 Å². The quantitative estimate of drug-likeness (QED) is 0.374. The Bertz CT molecular complexity index is 734. The van der Waals surface area contributed by atoms with Gasteiger partial charge in [0.25, 0.3) is 0 Å². The molecule has 0 saturated heterocycles. The van der Waals surface area contributed by atoms with Crippen LogP contribution in [0.2, 0.25) is 0 Å². The van der Waals surface area contributed by atoms with Crippen LogP contribution < -0.4 is 5.32 Å². The Morgan fingerprint density at radius 3 is 2.22 bits per heavy atom. The first-order valence-electron chi connectivity index (χ1n) is 8.20. The number of nitrogens with one attached hydrogen (secondary N) is 1. The summed E-state index contributed by atoms with van der Waals surface area (Å²) in [5.74, 6) is 6.34. The van der Waals surface area contributed by atoms with Gasteiger partial charge in [-0.3, -0.25) is 0 Å². The fourth-order valence-electron chi connectivity index (χ4n) is 2.60. The maximum absolute atomic E-state index is 9.69. The summed E-state index contributed by atoms with van der Waals surface area (Å²) in [6.45, 7) is 2.35. The zero-order chi connectivity index (χ0) is 18.1. The standard InChI is InChI=1S/C20H20N2O.CH4O.CH3.Es/c1-16(23)20-21-13-15-22(20)14-5-6-17-9-11-19(12-10-17)18-7-3-2-4-8-18;1-2;;/h2-4,7-13,15-16,20-21,23H,14H2,1H3;2H,1H3;1H3;/q;;-1;. The zero-order valence-electron chi connectivity index (χ0n) is 15.9. The van der Waals surface area contributed by atoms with Crippen molar-refractivity contribution in [3.05, 3.63) is 80.0 Å². The van der Waals surface area contributed by atoms with E-state index in [1.165, 1.54) is 11.1 Å². The molecule has 0 amide bonds. The molecule has 4 nitrogen and oxygen atoms in total. The molecular weight excluding hydrogens is 576 g/mol. The Kier molecular flexibility index (Phi) is 10.1. The van der Waals surface area contributed by atoms with Crippen molar-refractivity contribution in [1.82, 2.24) is 10.2 Å². The van der Waals surface area contributed by atoms with Gasteiger partial charge in [0.1, 0.15) is 6.17 Å². The van der Waals surface area contributed by atoms with Gasteiger partial charge in [-0.2, -0.15) is 0 Å². The second-order valence-corrected chi connectivity index (χ2v) is 5.59. The van der Waals surface area contributed by atoms with Gasteiger partial charge in [-0.15, -0.1) is 0 Å². The van der Waals surface area contributed by atoms with Gasteiger partial charge in [0.15, 0.2) is 0 Å². The third-order valence-corrected chi connectivity index (χ3v) is 3.83. The van der Waals surface area contributed by atoms with E-state index in [0.717, 1.165) is 12.7 Å². The van der Waals surface area contributed by atoms with Crippen LogP contribution in [0.4, 0.5) is 0 Å². The molecule has 0 aromatic heterocycles. The summed E-state index contributed by atoms with van der Waals surface area (Å²) in [5.41, 5.74) is 3.39. The molecule has 2 atom stereocenters. The molecule has 3 rings (SSSR count). The topological polar surface area (TPSA) is 55.7 Å². The molecule has 2 aromatic carbocycles. The van der Waals surface area contributed by atoms with Gasteiger partial charge in [-0.1, -0.05) is 54.3 Å². The van der Waals surface area contributed by atoms with Crippen molar-refractivity contribution >= 4 is 0 Å². The predicted octanol–water partition coefficient (Wildman–Crippen LogP) is 2.85. The molecule has 149 valence electrons. The van der Waals surface area contributed by atoms with E-state index in [-0.39, 0.29) is 13.6 Å². The first kappa shape index (κ1) is 23.3. The van der Waals surface area contributed by atoms with E-state index in [0.29, 0.717) is 6.54 Å². The molecule has 1 radical (unpaired) electrons. The second kappa shape index (κ2) is 11.8. The molecule has 0 bridgehead atoms. The SMILES string of the molecule is CC(O)C1NC=CN1CC#Cc1ccc(-c2ccccc2)cc1.CO.[CH3-].[Es]. The number of aliphatic hydroxyl groups excluding tert-OH is 2. The van der Waals surface area contributed by atoms with Gasteiger partial charge in [0.2, 0.25) is 0 Å². The number of rotatable bonds is 3. The monoisotopic (exact) mass is 603 g/mol. The van der Waals surface area contributed by atoms with Crippen LogP contribution in [0, 0.1) is 19.3 Å². The second-order valence-electron chi connectivity index (χ2n) is 5.59. The first-order valence-corrected chi connectivity index (χ1v) is 8.20. The Labute approximate surface area is 156 Å². The van der Waals surface area contributed by atoms with E-state index < -0.39 is 6.10 Å². The van der Waals surface area contributed by atoms with Crippen molar-refractivity contribution in [2.45, 2.75) is 19.2 Å². The van der Waals surface area contributed by atoms with Crippen LogP contribution in [0.25, 0.3) is 11.1 Å². The third kappa shape index (κ3) is 6.24. The summed E-state index contributed by atoms with van der Waals surface area (Å²) in [7, 11) is 1.00. The smallest absolute Gasteiger partial charge is 0.125 e. The van der Waals surface area contributed by atoms with E-state index in [9.17, 15) is 5.11 Å². The fraction of sp³-hybridized carbons (Fsp3) is 0.227. The first-order chi connectivity index (χ1) is 12.2. The van der Waals surface area contributed by atoms with Gasteiger partial charge in [0, 0.05) is 25.1 Å². The fourth-order valence-corrected chi connectivity index (χ4v) is 2.60. The Balaban J connectivity index is 0.00000164. The largest absolute Gasteiger partial charge is 0.400 e. The number of benzene rings is 2.